The van der Waals surface area contributed by atoms with E-state index in [0.29, 0.717) is 0 Å². The van der Waals surface area contributed by atoms with Gasteiger partial charge in [0.2, 0.25) is 0 Å². The zero-order valence-corrected chi connectivity index (χ0v) is 22.6. The molecule has 1 nitrogen and oxygen atoms in total. The van der Waals surface area contributed by atoms with Gasteiger partial charge in [0, 0.05) is 21.2 Å². The fourth-order valence-corrected chi connectivity index (χ4v) is 7.16. The van der Waals surface area contributed by atoms with Gasteiger partial charge in [0.25, 0.3) is 0 Å². The number of thiophene rings is 1. The van der Waals surface area contributed by atoms with E-state index in [9.17, 15) is 0 Å². The Bertz CT molecular complexity index is 2180. The molecule has 0 radical (unpaired) electrons. The van der Waals surface area contributed by atoms with Crippen LogP contribution >= 0.6 is 11.3 Å². The fourth-order valence-electron chi connectivity index (χ4n) is 5.99. The molecule has 7 aromatic carbocycles. The first-order valence-electron chi connectivity index (χ1n) is 13.6. The van der Waals surface area contributed by atoms with Crippen LogP contribution in [0.5, 0.6) is 0 Å². The van der Waals surface area contributed by atoms with Gasteiger partial charge >= 0.3 is 0 Å². The highest BCUT2D eigenvalue weighted by molar-refractivity contribution is 7.26. The summed E-state index contributed by atoms with van der Waals surface area (Å²) in [6, 6.07) is 52.6. The van der Waals surface area contributed by atoms with E-state index in [1.807, 2.05) is 11.3 Å². The monoisotopic (exact) mass is 527 g/mol. The Morgan fingerprint density at radius 3 is 1.82 bits per heavy atom. The molecule has 1 aromatic heterocycles. The second kappa shape index (κ2) is 9.37. The minimum Gasteiger partial charge on any atom is -0.354 e. The predicted molar refractivity (Wildman–Crippen MR) is 175 cm³/mol. The summed E-state index contributed by atoms with van der Waals surface area (Å²) in [4.78, 5) is 0. The second-order valence-electron chi connectivity index (χ2n) is 10.2. The number of hydrogen-bond acceptors (Lipinski definition) is 2. The summed E-state index contributed by atoms with van der Waals surface area (Å²) in [7, 11) is 0. The predicted octanol–water partition coefficient (Wildman–Crippen LogP) is 11.4. The summed E-state index contributed by atoms with van der Waals surface area (Å²) in [5, 5.41) is 11.4. The van der Waals surface area contributed by atoms with Crippen molar-refractivity contribution >= 4 is 64.4 Å². The molecule has 40 heavy (non-hydrogen) atoms. The lowest BCUT2D eigenvalue weighted by Gasteiger charge is -2.14. The van der Waals surface area contributed by atoms with Crippen molar-refractivity contribution in [1.82, 2.24) is 0 Å². The zero-order chi connectivity index (χ0) is 26.5. The van der Waals surface area contributed by atoms with Crippen molar-refractivity contribution in [2.75, 3.05) is 5.32 Å². The molecule has 188 valence electrons. The van der Waals surface area contributed by atoms with Crippen molar-refractivity contribution in [2.45, 2.75) is 0 Å². The largest absolute Gasteiger partial charge is 0.354 e. The molecule has 2 heteroatoms. The van der Waals surface area contributed by atoms with Gasteiger partial charge in [-0.05, 0) is 68.1 Å². The van der Waals surface area contributed by atoms with Crippen molar-refractivity contribution in [2.24, 2.45) is 0 Å². The smallest absolute Gasteiger partial charge is 0.0590 e. The molecule has 1 N–H and O–H groups in total. The molecule has 0 amide bonds. The van der Waals surface area contributed by atoms with Crippen LogP contribution in [-0.2, 0) is 0 Å². The third-order valence-electron chi connectivity index (χ3n) is 7.88. The van der Waals surface area contributed by atoms with Crippen molar-refractivity contribution < 1.29 is 0 Å². The summed E-state index contributed by atoms with van der Waals surface area (Å²) >= 11 is 1.85. The first-order chi connectivity index (χ1) is 19.8. The Kier molecular flexibility index (Phi) is 5.39. The van der Waals surface area contributed by atoms with Gasteiger partial charge in [-0.3, -0.25) is 0 Å². The molecule has 0 atom stereocenters. The molecule has 0 spiro atoms. The van der Waals surface area contributed by atoms with Gasteiger partial charge < -0.3 is 5.32 Å². The quantitative estimate of drug-likeness (QED) is 0.240. The van der Waals surface area contributed by atoms with Gasteiger partial charge in [-0.15, -0.1) is 11.3 Å². The van der Waals surface area contributed by atoms with E-state index < -0.39 is 0 Å². The van der Waals surface area contributed by atoms with Gasteiger partial charge in [0.1, 0.15) is 0 Å². The van der Waals surface area contributed by atoms with Crippen molar-refractivity contribution in [1.29, 1.82) is 0 Å². The summed E-state index contributed by atoms with van der Waals surface area (Å²) in [5.41, 5.74) is 7.24. The lowest BCUT2D eigenvalue weighted by molar-refractivity contribution is 1.58. The van der Waals surface area contributed by atoms with E-state index in [4.69, 9.17) is 0 Å². The van der Waals surface area contributed by atoms with Crippen LogP contribution < -0.4 is 5.32 Å². The minimum atomic E-state index is 1.09. The third kappa shape index (κ3) is 3.77. The van der Waals surface area contributed by atoms with Crippen LogP contribution in [0.15, 0.2) is 146 Å². The van der Waals surface area contributed by atoms with E-state index in [1.54, 1.807) is 0 Å². The minimum absolute atomic E-state index is 1.09. The highest BCUT2D eigenvalue weighted by Crippen LogP contribution is 2.40. The van der Waals surface area contributed by atoms with E-state index in [0.717, 1.165) is 11.4 Å². The molecular formula is C38H25NS. The molecule has 0 saturated heterocycles. The lowest BCUT2D eigenvalue weighted by Crippen LogP contribution is -1.91. The van der Waals surface area contributed by atoms with E-state index in [-0.39, 0.29) is 0 Å². The number of rotatable bonds is 4. The van der Waals surface area contributed by atoms with E-state index in [1.165, 1.54) is 64.0 Å². The number of benzene rings is 7. The molecule has 0 unspecified atom stereocenters. The Morgan fingerprint density at radius 2 is 0.975 bits per heavy atom. The zero-order valence-electron chi connectivity index (χ0n) is 21.8. The second-order valence-corrected chi connectivity index (χ2v) is 11.3. The van der Waals surface area contributed by atoms with Crippen LogP contribution in [0.3, 0.4) is 0 Å². The van der Waals surface area contributed by atoms with Crippen LogP contribution in [0.2, 0.25) is 0 Å². The van der Waals surface area contributed by atoms with Gasteiger partial charge in [-0.25, -0.2) is 0 Å². The van der Waals surface area contributed by atoms with Crippen LogP contribution in [0.1, 0.15) is 0 Å². The van der Waals surface area contributed by atoms with Gasteiger partial charge in [-0.1, -0.05) is 121 Å². The Hall–Kier alpha value is -4.92. The molecule has 0 bridgehead atoms. The average Bonchev–Trinajstić information content (AvgIpc) is 3.40. The summed E-state index contributed by atoms with van der Waals surface area (Å²) in [6.45, 7) is 0. The Balaban J connectivity index is 1.18. The number of hydrogen-bond donors (Lipinski definition) is 1. The van der Waals surface area contributed by atoms with E-state index >= 15 is 0 Å². The van der Waals surface area contributed by atoms with E-state index in [2.05, 4.69) is 151 Å². The Labute approximate surface area is 237 Å². The molecule has 8 aromatic rings. The summed E-state index contributed by atoms with van der Waals surface area (Å²) in [6.07, 6.45) is 0. The molecule has 8 rings (SSSR count). The lowest BCUT2D eigenvalue weighted by atomic mass is 9.91. The highest BCUT2D eigenvalue weighted by Gasteiger charge is 2.12. The molecule has 0 saturated carbocycles. The fraction of sp³-hybridized carbons (Fsp3) is 0. The van der Waals surface area contributed by atoms with Crippen LogP contribution in [-0.4, -0.2) is 0 Å². The Morgan fingerprint density at radius 1 is 0.400 bits per heavy atom. The molecule has 0 aliphatic carbocycles. The average molecular weight is 528 g/mol. The molecule has 1 heterocycles. The maximum Gasteiger partial charge on any atom is 0.0590 e. The van der Waals surface area contributed by atoms with Crippen LogP contribution in [0.25, 0.3) is 64.0 Å². The topological polar surface area (TPSA) is 12.0 Å². The highest BCUT2D eigenvalue weighted by atomic mass is 32.1. The maximum atomic E-state index is 3.68. The summed E-state index contributed by atoms with van der Waals surface area (Å²) < 4.78 is 2.61. The van der Waals surface area contributed by atoms with Crippen molar-refractivity contribution in [3.05, 3.63) is 146 Å². The maximum absolute atomic E-state index is 3.68. The molecule has 0 fully saturated rings. The van der Waals surface area contributed by atoms with Gasteiger partial charge in [-0.2, -0.15) is 0 Å². The SMILES string of the molecule is c1ccc2c(-c3cccc4c(-c5ccc(Nc6cccc7c6sc6ccccc67)cc5)cccc34)cccc2c1. The van der Waals surface area contributed by atoms with Gasteiger partial charge in [0.15, 0.2) is 0 Å². The molecule has 0 aliphatic heterocycles. The number of anilines is 2. The van der Waals surface area contributed by atoms with Crippen molar-refractivity contribution in [3.63, 3.8) is 0 Å². The number of fused-ring (bicyclic) bond motifs is 5. The summed E-state index contributed by atoms with van der Waals surface area (Å²) in [5.74, 6) is 0. The van der Waals surface area contributed by atoms with Gasteiger partial charge in [0.05, 0.1) is 10.4 Å². The molecular weight excluding hydrogens is 502 g/mol. The standard InChI is InChI=1S/C38H25NS/c1-2-11-28-25(9-1)10-5-14-30(28)33-17-7-15-31-29(13-6-16-32(31)33)26-21-23-27(24-22-26)39-36-19-8-18-35-34-12-3-4-20-37(34)40-38(35)36/h1-24,39H. The first-order valence-corrected chi connectivity index (χ1v) is 14.4. The molecule has 0 aliphatic rings. The van der Waals surface area contributed by atoms with Crippen LogP contribution in [0, 0.1) is 0 Å². The van der Waals surface area contributed by atoms with Crippen LogP contribution in [0.4, 0.5) is 11.4 Å². The third-order valence-corrected chi connectivity index (χ3v) is 9.10. The normalized spacial score (nSPS) is 11.5. The number of nitrogens with one attached hydrogen (secondary N) is 1. The first kappa shape index (κ1) is 23.0. The van der Waals surface area contributed by atoms with Crippen molar-refractivity contribution in [3.8, 4) is 22.3 Å².